The van der Waals surface area contributed by atoms with E-state index in [-0.39, 0.29) is 25.9 Å². The second-order valence-corrected chi connectivity index (χ2v) is 20.3. The first-order chi connectivity index (χ1) is 35.6. The Morgan fingerprint density at radius 1 is 0.466 bits per heavy atom. The van der Waals surface area contributed by atoms with Gasteiger partial charge in [0.1, 0.15) is 18.8 Å². The van der Waals surface area contributed by atoms with Crippen LogP contribution in [0.15, 0.2) is 48.6 Å². The Bertz CT molecular complexity index is 1460. The number of aliphatic carboxylic acids is 1. The van der Waals surface area contributed by atoms with E-state index in [9.17, 15) is 34.5 Å². The molecular weight excluding hydrogens is 925 g/mol. The van der Waals surface area contributed by atoms with Crippen molar-refractivity contribution in [3.63, 3.8) is 0 Å². The third-order valence-electron chi connectivity index (χ3n) is 13.4. The Labute approximate surface area is 443 Å². The Balaban J connectivity index is 2.69. The molecule has 0 spiro atoms. The van der Waals surface area contributed by atoms with Crippen molar-refractivity contribution in [3.05, 3.63) is 48.6 Å². The third kappa shape index (κ3) is 39.7. The van der Waals surface area contributed by atoms with Crippen molar-refractivity contribution in [2.45, 2.75) is 302 Å². The van der Waals surface area contributed by atoms with E-state index >= 15 is 0 Å². The molecular formula is C61H106O12. The standard InChI is InChI=1S/C61H106O12/c1-4-7-10-13-16-19-22-25-26-27-28-31-32-35-38-41-44-47-53(62)69-50-52(71-54(63)48-45-42-39-36-33-29-23-20-17-14-11-8-5-2)51-70-61-59(57(66)56(65)58(73-61)60(67)68)72-55(64)49-46-43-40-37-34-30-24-21-18-15-12-9-6-3/h7,10,16,19,21,24-26,52,56-59,61,65-66H,4-6,8-9,11-15,17-18,20,22-23,27-51H2,1-3H3,(H,67,68)/b10-7-,19-16-,24-21-,26-25-. The van der Waals surface area contributed by atoms with Crippen LogP contribution in [0.5, 0.6) is 0 Å². The SMILES string of the molecule is CC/C=C\C/C=C\C/C=C\CCCCCCCCCC(=O)OCC(COC1OC(C(=O)O)C(O)C(O)C1OC(=O)CCCCCCC/C=C\CCCCCC)OC(=O)CCCCCCCCCCCCCCC. The smallest absolute Gasteiger partial charge is 0.335 e. The number of carbonyl (C=O) groups excluding carboxylic acids is 3. The van der Waals surface area contributed by atoms with Gasteiger partial charge in [-0.1, -0.05) is 217 Å². The van der Waals surface area contributed by atoms with Gasteiger partial charge in [-0.05, 0) is 77.0 Å². The number of aliphatic hydroxyl groups is 2. The van der Waals surface area contributed by atoms with E-state index < -0.39 is 67.3 Å². The van der Waals surface area contributed by atoms with Crippen molar-refractivity contribution in [2.24, 2.45) is 0 Å². The lowest BCUT2D eigenvalue weighted by molar-refractivity contribution is -0.301. The summed E-state index contributed by atoms with van der Waals surface area (Å²) in [6.07, 6.45) is 46.5. The summed E-state index contributed by atoms with van der Waals surface area (Å²) in [4.78, 5) is 51.1. The minimum absolute atomic E-state index is 0.0513. The summed E-state index contributed by atoms with van der Waals surface area (Å²) >= 11 is 0. The fourth-order valence-corrected chi connectivity index (χ4v) is 8.85. The highest BCUT2D eigenvalue weighted by atomic mass is 16.7. The van der Waals surface area contributed by atoms with Gasteiger partial charge in [-0.2, -0.15) is 0 Å². The predicted octanol–water partition coefficient (Wildman–Crippen LogP) is 15.0. The van der Waals surface area contributed by atoms with Crippen LogP contribution in [-0.4, -0.2) is 89.2 Å². The lowest BCUT2D eigenvalue weighted by atomic mass is 9.98. The van der Waals surface area contributed by atoms with Crippen LogP contribution in [0.25, 0.3) is 0 Å². The van der Waals surface area contributed by atoms with Crippen LogP contribution in [0.4, 0.5) is 0 Å². The molecule has 0 saturated carbocycles. The van der Waals surface area contributed by atoms with Gasteiger partial charge in [0.25, 0.3) is 0 Å². The third-order valence-corrected chi connectivity index (χ3v) is 13.4. The van der Waals surface area contributed by atoms with Gasteiger partial charge < -0.3 is 39.0 Å². The number of aliphatic hydroxyl groups excluding tert-OH is 2. The molecule has 422 valence electrons. The van der Waals surface area contributed by atoms with E-state index in [1.54, 1.807) is 0 Å². The van der Waals surface area contributed by atoms with Crippen molar-refractivity contribution in [1.29, 1.82) is 0 Å². The Kier molecular flexibility index (Phi) is 45.9. The van der Waals surface area contributed by atoms with Crippen LogP contribution in [0.2, 0.25) is 0 Å². The quantitative estimate of drug-likeness (QED) is 0.0228. The zero-order chi connectivity index (χ0) is 53.3. The molecule has 0 aromatic rings. The molecule has 0 amide bonds. The zero-order valence-electron chi connectivity index (χ0n) is 46.4. The Morgan fingerprint density at radius 2 is 0.863 bits per heavy atom. The highest BCUT2D eigenvalue weighted by Crippen LogP contribution is 2.26. The first kappa shape index (κ1) is 67.7. The van der Waals surface area contributed by atoms with Gasteiger partial charge >= 0.3 is 23.9 Å². The van der Waals surface area contributed by atoms with E-state index in [0.717, 1.165) is 109 Å². The predicted molar refractivity (Wildman–Crippen MR) is 294 cm³/mol. The minimum atomic E-state index is -1.90. The van der Waals surface area contributed by atoms with Gasteiger partial charge in [0.15, 0.2) is 24.6 Å². The van der Waals surface area contributed by atoms with E-state index in [4.69, 9.17) is 23.7 Å². The fourth-order valence-electron chi connectivity index (χ4n) is 8.85. The van der Waals surface area contributed by atoms with Gasteiger partial charge in [-0.15, -0.1) is 0 Å². The molecule has 1 saturated heterocycles. The minimum Gasteiger partial charge on any atom is -0.479 e. The van der Waals surface area contributed by atoms with E-state index in [1.165, 1.54) is 96.3 Å². The molecule has 6 unspecified atom stereocenters. The molecule has 6 atom stereocenters. The molecule has 73 heavy (non-hydrogen) atoms. The highest BCUT2D eigenvalue weighted by molar-refractivity contribution is 5.74. The lowest BCUT2D eigenvalue weighted by Gasteiger charge is -2.40. The van der Waals surface area contributed by atoms with Crippen molar-refractivity contribution < 1.29 is 58.2 Å². The summed E-state index contributed by atoms with van der Waals surface area (Å²) in [7, 11) is 0. The summed E-state index contributed by atoms with van der Waals surface area (Å²) in [5.74, 6) is -3.12. The van der Waals surface area contributed by atoms with Gasteiger partial charge in [-0.3, -0.25) is 14.4 Å². The van der Waals surface area contributed by atoms with Crippen LogP contribution in [-0.2, 0) is 42.9 Å². The highest BCUT2D eigenvalue weighted by Gasteiger charge is 2.50. The molecule has 12 nitrogen and oxygen atoms in total. The normalized spacial score (nSPS) is 18.6. The summed E-state index contributed by atoms with van der Waals surface area (Å²) in [6.45, 7) is 5.86. The van der Waals surface area contributed by atoms with Crippen molar-refractivity contribution >= 4 is 23.9 Å². The number of carbonyl (C=O) groups is 4. The van der Waals surface area contributed by atoms with Crippen LogP contribution < -0.4 is 0 Å². The van der Waals surface area contributed by atoms with Crippen LogP contribution >= 0.6 is 0 Å². The molecule has 0 radical (unpaired) electrons. The number of carboxylic acids is 1. The topological polar surface area (TPSA) is 175 Å². The second-order valence-electron chi connectivity index (χ2n) is 20.3. The summed E-state index contributed by atoms with van der Waals surface area (Å²) < 4.78 is 28.4. The largest absolute Gasteiger partial charge is 0.479 e. The number of unbranched alkanes of at least 4 members (excludes halogenated alkanes) is 28. The molecule has 0 bridgehead atoms. The molecule has 1 heterocycles. The Morgan fingerprint density at radius 3 is 1.34 bits per heavy atom. The number of hydrogen-bond acceptors (Lipinski definition) is 11. The van der Waals surface area contributed by atoms with Crippen molar-refractivity contribution in [3.8, 4) is 0 Å². The number of allylic oxidation sites excluding steroid dienone is 8. The van der Waals surface area contributed by atoms with Gasteiger partial charge in [0.05, 0.1) is 6.61 Å². The number of esters is 3. The zero-order valence-corrected chi connectivity index (χ0v) is 46.4. The molecule has 1 aliphatic rings. The maximum absolute atomic E-state index is 13.1. The van der Waals surface area contributed by atoms with Gasteiger partial charge in [-0.25, -0.2) is 4.79 Å². The van der Waals surface area contributed by atoms with Crippen LogP contribution in [0.3, 0.4) is 0 Å². The van der Waals surface area contributed by atoms with Crippen LogP contribution in [0.1, 0.15) is 265 Å². The number of hydrogen-bond donors (Lipinski definition) is 3. The maximum atomic E-state index is 13.1. The Hall–Kier alpha value is -3.32. The monoisotopic (exact) mass is 1030 g/mol. The number of ether oxygens (including phenoxy) is 5. The van der Waals surface area contributed by atoms with Gasteiger partial charge in [0, 0.05) is 19.3 Å². The average Bonchev–Trinajstić information content (AvgIpc) is 3.37. The molecule has 1 aliphatic heterocycles. The van der Waals surface area contributed by atoms with Crippen LogP contribution in [0, 0.1) is 0 Å². The first-order valence-corrected chi connectivity index (χ1v) is 29.6. The summed E-state index contributed by atoms with van der Waals surface area (Å²) in [6, 6.07) is 0. The van der Waals surface area contributed by atoms with E-state index in [2.05, 4.69) is 69.4 Å². The lowest BCUT2D eigenvalue weighted by Crippen LogP contribution is -2.61. The van der Waals surface area contributed by atoms with Gasteiger partial charge in [0.2, 0.25) is 0 Å². The molecule has 0 aliphatic carbocycles. The average molecular weight is 1030 g/mol. The molecule has 0 aromatic carbocycles. The molecule has 12 heteroatoms. The molecule has 1 rings (SSSR count). The second kappa shape index (κ2) is 49.6. The number of rotatable bonds is 50. The van der Waals surface area contributed by atoms with Crippen molar-refractivity contribution in [1.82, 2.24) is 0 Å². The molecule has 0 aromatic heterocycles. The fraction of sp³-hybridized carbons (Fsp3) is 0.803. The van der Waals surface area contributed by atoms with E-state index in [1.807, 2.05) is 0 Å². The van der Waals surface area contributed by atoms with Crippen molar-refractivity contribution in [2.75, 3.05) is 13.2 Å². The molecule has 1 fully saturated rings. The maximum Gasteiger partial charge on any atom is 0.335 e. The summed E-state index contributed by atoms with van der Waals surface area (Å²) in [5.41, 5.74) is 0. The first-order valence-electron chi connectivity index (χ1n) is 29.6. The molecule has 3 N–H and O–H groups in total. The number of carboxylic acid groups (broad SMARTS) is 1. The van der Waals surface area contributed by atoms with E-state index in [0.29, 0.717) is 19.3 Å². The summed E-state index contributed by atoms with van der Waals surface area (Å²) in [5, 5.41) is 31.4.